The van der Waals surface area contributed by atoms with Crippen molar-refractivity contribution in [2.45, 2.75) is 73.6 Å². The Morgan fingerprint density at radius 1 is 1.04 bits per heavy atom. The zero-order valence-electron chi connectivity index (χ0n) is 18.5. The van der Waals surface area contributed by atoms with E-state index in [9.17, 15) is 0 Å². The molecule has 2 unspecified atom stereocenters. The molecule has 1 aliphatic carbocycles. The van der Waals surface area contributed by atoms with Crippen LogP contribution in [0, 0.1) is 18.8 Å². The highest BCUT2D eigenvalue weighted by Gasteiger charge is 2.59. The summed E-state index contributed by atoms with van der Waals surface area (Å²) in [7, 11) is 2.05. The molecule has 0 saturated heterocycles. The quantitative estimate of drug-likeness (QED) is 0.681. The molecule has 0 aliphatic heterocycles. The Kier molecular flexibility index (Phi) is 8.76. The monoisotopic (exact) mass is 356 g/mol. The van der Waals surface area contributed by atoms with E-state index in [-0.39, 0.29) is 0 Å². The van der Waals surface area contributed by atoms with Crippen LogP contribution in [0.4, 0.5) is 0 Å². The number of aromatic nitrogens is 1. The molecule has 1 aromatic carbocycles. The molecule has 1 heterocycles. The average Bonchev–Trinajstić information content (AvgIpc) is 3.22. The second kappa shape index (κ2) is 10.1. The van der Waals surface area contributed by atoms with Crippen molar-refractivity contribution in [2.24, 2.45) is 11.8 Å². The Labute approximate surface area is 161 Å². The van der Waals surface area contributed by atoms with Crippen LogP contribution in [-0.4, -0.2) is 18.6 Å². The Hall–Kier alpha value is -1.41. The summed E-state index contributed by atoms with van der Waals surface area (Å²) in [6, 6.07) is 9.22. The van der Waals surface area contributed by atoms with E-state index in [4.69, 9.17) is 4.98 Å². The lowest BCUT2D eigenvalue weighted by Crippen LogP contribution is -2.19. The summed E-state index contributed by atoms with van der Waals surface area (Å²) in [5.74, 6) is 1.53. The number of fused-ring (bicyclic) bond motifs is 1. The van der Waals surface area contributed by atoms with E-state index in [2.05, 4.69) is 57.3 Å². The van der Waals surface area contributed by atoms with E-state index in [0.717, 1.165) is 36.0 Å². The third-order valence-corrected chi connectivity index (χ3v) is 6.00. The van der Waals surface area contributed by atoms with Crippen molar-refractivity contribution in [1.29, 1.82) is 0 Å². The number of hydrogen-bond acceptors (Lipinski definition) is 2. The zero-order valence-corrected chi connectivity index (χ0v) is 18.5. The third kappa shape index (κ3) is 4.11. The molecule has 0 spiro atoms. The first-order chi connectivity index (χ1) is 12.5. The first kappa shape index (κ1) is 22.6. The number of nitrogens with zero attached hydrogens (tertiary/aromatic N) is 1. The van der Waals surface area contributed by atoms with Gasteiger partial charge in [-0.15, -0.1) is 0 Å². The lowest BCUT2D eigenvalue weighted by atomic mass is 9.87. The fourth-order valence-electron chi connectivity index (χ4n) is 4.34. The number of pyridine rings is 1. The minimum atomic E-state index is 0.354. The fourth-order valence-corrected chi connectivity index (χ4v) is 4.34. The maximum Gasteiger partial charge on any atom is 0.0708 e. The summed E-state index contributed by atoms with van der Waals surface area (Å²) >= 11 is 0. The SMILES string of the molecule is CC.CC.CCc1cc(C)nc2ccc(C3(CCNC)C(C)C3C)cc12. The van der Waals surface area contributed by atoms with Crippen molar-refractivity contribution >= 4 is 10.9 Å². The van der Waals surface area contributed by atoms with E-state index in [1.807, 2.05) is 34.7 Å². The van der Waals surface area contributed by atoms with Gasteiger partial charge < -0.3 is 5.32 Å². The molecule has 1 saturated carbocycles. The highest BCUT2D eigenvalue weighted by atomic mass is 14.8. The number of hydrogen-bond donors (Lipinski definition) is 1. The van der Waals surface area contributed by atoms with Gasteiger partial charge in [-0.25, -0.2) is 0 Å². The molecule has 1 N–H and O–H groups in total. The van der Waals surface area contributed by atoms with E-state index in [1.165, 1.54) is 22.9 Å². The van der Waals surface area contributed by atoms with Gasteiger partial charge in [-0.3, -0.25) is 4.98 Å². The molecule has 3 rings (SSSR count). The second-order valence-electron chi connectivity index (χ2n) is 6.98. The van der Waals surface area contributed by atoms with Gasteiger partial charge in [-0.2, -0.15) is 0 Å². The molecule has 1 aliphatic rings. The van der Waals surface area contributed by atoms with Crippen molar-refractivity contribution in [1.82, 2.24) is 10.3 Å². The summed E-state index contributed by atoms with van der Waals surface area (Å²) in [6.07, 6.45) is 2.29. The topological polar surface area (TPSA) is 24.9 Å². The molecule has 0 bridgehead atoms. The summed E-state index contributed by atoms with van der Waals surface area (Å²) in [4.78, 5) is 4.72. The van der Waals surface area contributed by atoms with Crippen LogP contribution in [0.3, 0.4) is 0 Å². The summed E-state index contributed by atoms with van der Waals surface area (Å²) in [5.41, 5.74) is 5.55. The van der Waals surface area contributed by atoms with Gasteiger partial charge in [0.25, 0.3) is 0 Å². The van der Waals surface area contributed by atoms with Crippen molar-refractivity contribution in [3.8, 4) is 0 Å². The molecule has 2 nitrogen and oxygen atoms in total. The Morgan fingerprint density at radius 2 is 1.65 bits per heavy atom. The molecule has 2 aromatic rings. The average molecular weight is 357 g/mol. The van der Waals surface area contributed by atoms with E-state index in [0.29, 0.717) is 5.41 Å². The van der Waals surface area contributed by atoms with Gasteiger partial charge in [0.15, 0.2) is 0 Å². The molecule has 1 fully saturated rings. The van der Waals surface area contributed by atoms with Crippen LogP contribution < -0.4 is 5.32 Å². The molecular formula is C24H40N2. The van der Waals surface area contributed by atoms with Crippen molar-refractivity contribution in [3.05, 3.63) is 41.1 Å². The normalized spacial score (nSPS) is 23.6. The van der Waals surface area contributed by atoms with Gasteiger partial charge in [0.1, 0.15) is 0 Å². The van der Waals surface area contributed by atoms with Gasteiger partial charge in [-0.05, 0) is 74.5 Å². The Bertz CT molecular complexity index is 682. The minimum Gasteiger partial charge on any atom is -0.320 e. The molecule has 1 aromatic heterocycles. The Balaban J connectivity index is 0.000000791. The highest BCUT2D eigenvalue weighted by Crippen LogP contribution is 2.61. The molecule has 2 heteroatoms. The lowest BCUT2D eigenvalue weighted by Gasteiger charge is -2.19. The summed E-state index contributed by atoms with van der Waals surface area (Å²) in [5, 5.41) is 4.68. The molecule has 0 amide bonds. The van der Waals surface area contributed by atoms with Crippen LogP contribution in [0.15, 0.2) is 24.3 Å². The molecule has 146 valence electrons. The molecule has 26 heavy (non-hydrogen) atoms. The maximum absolute atomic E-state index is 4.72. The van der Waals surface area contributed by atoms with Gasteiger partial charge in [0, 0.05) is 16.5 Å². The number of nitrogens with one attached hydrogen (secondary N) is 1. The first-order valence-corrected chi connectivity index (χ1v) is 10.6. The largest absolute Gasteiger partial charge is 0.320 e. The van der Waals surface area contributed by atoms with Gasteiger partial charge in [0.2, 0.25) is 0 Å². The molecule has 0 radical (unpaired) electrons. The van der Waals surface area contributed by atoms with Crippen LogP contribution >= 0.6 is 0 Å². The van der Waals surface area contributed by atoms with E-state index in [1.54, 1.807) is 0 Å². The highest BCUT2D eigenvalue weighted by molar-refractivity contribution is 5.83. The van der Waals surface area contributed by atoms with E-state index >= 15 is 0 Å². The van der Waals surface area contributed by atoms with Crippen molar-refractivity contribution < 1.29 is 0 Å². The van der Waals surface area contributed by atoms with Crippen LogP contribution in [0.2, 0.25) is 0 Å². The van der Waals surface area contributed by atoms with Crippen LogP contribution in [0.5, 0.6) is 0 Å². The van der Waals surface area contributed by atoms with E-state index < -0.39 is 0 Å². The molecular weight excluding hydrogens is 316 g/mol. The van der Waals surface area contributed by atoms with Crippen LogP contribution in [0.1, 0.15) is 71.7 Å². The van der Waals surface area contributed by atoms with Gasteiger partial charge >= 0.3 is 0 Å². The predicted molar refractivity (Wildman–Crippen MR) is 117 cm³/mol. The smallest absolute Gasteiger partial charge is 0.0708 e. The predicted octanol–water partition coefficient (Wildman–Crippen LogP) is 6.29. The number of benzene rings is 1. The number of rotatable bonds is 5. The van der Waals surface area contributed by atoms with Gasteiger partial charge in [0.05, 0.1) is 5.52 Å². The van der Waals surface area contributed by atoms with Gasteiger partial charge in [-0.1, -0.05) is 54.5 Å². The Morgan fingerprint density at radius 3 is 2.15 bits per heavy atom. The first-order valence-electron chi connectivity index (χ1n) is 10.6. The minimum absolute atomic E-state index is 0.354. The van der Waals surface area contributed by atoms with Crippen molar-refractivity contribution in [2.75, 3.05) is 13.6 Å². The zero-order chi connectivity index (χ0) is 19.9. The lowest BCUT2D eigenvalue weighted by molar-refractivity contribution is 0.533. The van der Waals surface area contributed by atoms with Crippen LogP contribution in [0.25, 0.3) is 10.9 Å². The van der Waals surface area contributed by atoms with Crippen LogP contribution in [-0.2, 0) is 11.8 Å². The standard InChI is InChI=1S/C20H28N2.2C2H6/c1-6-16-11-13(2)22-19-8-7-17(12-18(16)19)20(9-10-21-5)14(3)15(20)4;2*1-2/h7-8,11-12,14-15,21H,6,9-10H2,1-5H3;2*1-2H3. The summed E-state index contributed by atoms with van der Waals surface area (Å²) < 4.78 is 0. The molecule has 2 atom stereocenters. The number of aryl methyl sites for hydroxylation is 2. The summed E-state index contributed by atoms with van der Waals surface area (Å²) in [6.45, 7) is 18.2. The fraction of sp³-hybridized carbons (Fsp3) is 0.625. The third-order valence-electron chi connectivity index (χ3n) is 6.00. The second-order valence-corrected chi connectivity index (χ2v) is 6.98. The van der Waals surface area contributed by atoms with Crippen molar-refractivity contribution in [3.63, 3.8) is 0 Å². The maximum atomic E-state index is 4.72.